The maximum atomic E-state index is 16.4. The molecule has 3 fully saturated rings. The molecule has 4 N–H and O–H groups in total. The number of phenolic OH excluding ortho intramolecular Hbond substituents is 1. The fourth-order valence-corrected chi connectivity index (χ4v) is 6.07. The standard InChI is InChI=1S/C29H30FN5O3/c30-25-22(24-10-20(37)9-17-3-1-2-4-21(17)24)7-8-23-26(25)33-28(31-13-29(14-36)15-38-16-29)34-27(23)35-11-18-5-6-19(12-35)32-18/h1-4,7-10,18-19,32,36-37H,5-6,11-16H2,(H,31,33,34). The number of hydrogen-bond donors (Lipinski definition) is 4. The highest BCUT2D eigenvalue weighted by molar-refractivity contribution is 6.01. The molecule has 3 saturated heterocycles. The Morgan fingerprint density at radius 1 is 1.03 bits per heavy atom. The van der Waals surface area contributed by atoms with Crippen molar-refractivity contribution in [2.75, 3.05) is 49.7 Å². The van der Waals surface area contributed by atoms with Gasteiger partial charge in [0.1, 0.15) is 17.1 Å². The van der Waals surface area contributed by atoms with E-state index in [1.807, 2.05) is 30.3 Å². The first kappa shape index (κ1) is 23.6. The lowest BCUT2D eigenvalue weighted by Crippen LogP contribution is -2.51. The predicted octanol–water partition coefficient (Wildman–Crippen LogP) is 3.66. The highest BCUT2D eigenvalue weighted by Crippen LogP contribution is 2.39. The van der Waals surface area contributed by atoms with Crippen LogP contribution in [-0.2, 0) is 4.74 Å². The molecule has 4 aromatic rings. The van der Waals surface area contributed by atoms with E-state index in [2.05, 4.69) is 20.5 Å². The maximum Gasteiger partial charge on any atom is 0.225 e. The number of aromatic nitrogens is 2. The molecule has 0 spiro atoms. The van der Waals surface area contributed by atoms with Crippen molar-refractivity contribution in [3.63, 3.8) is 0 Å². The maximum absolute atomic E-state index is 16.4. The molecule has 4 heterocycles. The highest BCUT2D eigenvalue weighted by Gasteiger charge is 2.38. The van der Waals surface area contributed by atoms with E-state index in [-0.39, 0.29) is 23.3 Å². The monoisotopic (exact) mass is 515 g/mol. The Balaban J connectivity index is 1.37. The zero-order valence-corrected chi connectivity index (χ0v) is 21.0. The van der Waals surface area contributed by atoms with Gasteiger partial charge in [-0.3, -0.25) is 0 Å². The van der Waals surface area contributed by atoms with Crippen LogP contribution in [0.2, 0.25) is 0 Å². The lowest BCUT2D eigenvalue weighted by Gasteiger charge is -2.40. The summed E-state index contributed by atoms with van der Waals surface area (Å²) in [5.74, 6) is 0.670. The predicted molar refractivity (Wildman–Crippen MR) is 145 cm³/mol. The van der Waals surface area contributed by atoms with E-state index in [0.717, 1.165) is 36.7 Å². The van der Waals surface area contributed by atoms with Gasteiger partial charge in [-0.15, -0.1) is 0 Å². The van der Waals surface area contributed by atoms with E-state index < -0.39 is 5.82 Å². The second kappa shape index (κ2) is 9.04. The number of aliphatic hydroxyl groups is 1. The molecule has 2 atom stereocenters. The molecule has 8 nitrogen and oxygen atoms in total. The van der Waals surface area contributed by atoms with Crippen molar-refractivity contribution in [1.82, 2.24) is 15.3 Å². The second-order valence-electron chi connectivity index (χ2n) is 11.0. The summed E-state index contributed by atoms with van der Waals surface area (Å²) in [6, 6.07) is 15.4. The number of aliphatic hydroxyl groups excluding tert-OH is 1. The van der Waals surface area contributed by atoms with Gasteiger partial charge in [-0.1, -0.05) is 30.3 Å². The number of piperazine rings is 1. The summed E-state index contributed by atoms with van der Waals surface area (Å²) < 4.78 is 21.8. The van der Waals surface area contributed by atoms with E-state index in [1.54, 1.807) is 18.2 Å². The molecule has 3 aliphatic heterocycles. The SMILES string of the molecule is OCC1(CNc2nc(N3CC4CCC(C3)N4)c3ccc(-c4cc(O)cc5ccccc45)c(F)c3n2)COC1. The van der Waals surface area contributed by atoms with Gasteiger partial charge < -0.3 is 30.5 Å². The lowest BCUT2D eigenvalue weighted by atomic mass is 9.87. The van der Waals surface area contributed by atoms with Crippen LogP contribution in [-0.4, -0.2) is 71.7 Å². The molecule has 2 unspecified atom stereocenters. The van der Waals surface area contributed by atoms with Crippen LogP contribution in [0.25, 0.3) is 32.8 Å². The fraction of sp³-hybridized carbons (Fsp3) is 0.379. The Morgan fingerprint density at radius 2 is 1.82 bits per heavy atom. The Kier molecular flexibility index (Phi) is 5.61. The molecule has 0 radical (unpaired) electrons. The van der Waals surface area contributed by atoms with E-state index in [1.165, 1.54) is 0 Å². The molecule has 0 aliphatic carbocycles. The van der Waals surface area contributed by atoms with Gasteiger partial charge >= 0.3 is 0 Å². The first-order valence-electron chi connectivity index (χ1n) is 13.2. The zero-order valence-electron chi connectivity index (χ0n) is 21.0. The van der Waals surface area contributed by atoms with Crippen LogP contribution in [0.4, 0.5) is 16.2 Å². The van der Waals surface area contributed by atoms with Gasteiger partial charge in [-0.05, 0) is 47.4 Å². The van der Waals surface area contributed by atoms with Crippen LogP contribution in [0.15, 0.2) is 48.5 Å². The van der Waals surface area contributed by atoms with E-state index in [9.17, 15) is 10.2 Å². The van der Waals surface area contributed by atoms with Gasteiger partial charge in [0.2, 0.25) is 5.95 Å². The van der Waals surface area contributed by atoms with Crippen molar-refractivity contribution in [2.24, 2.45) is 5.41 Å². The first-order valence-corrected chi connectivity index (χ1v) is 13.2. The van der Waals surface area contributed by atoms with E-state index in [0.29, 0.717) is 60.1 Å². The number of hydrogen-bond acceptors (Lipinski definition) is 8. The Morgan fingerprint density at radius 3 is 2.55 bits per heavy atom. The number of benzene rings is 3. The number of halogens is 1. The molecule has 3 aliphatic rings. The van der Waals surface area contributed by atoms with E-state index >= 15 is 4.39 Å². The Bertz CT molecular complexity index is 1520. The topological polar surface area (TPSA) is 103 Å². The van der Waals surface area contributed by atoms with Crippen molar-refractivity contribution in [3.05, 3.63) is 54.3 Å². The van der Waals surface area contributed by atoms with Gasteiger partial charge in [0.05, 0.1) is 25.2 Å². The van der Waals surface area contributed by atoms with Gasteiger partial charge in [0, 0.05) is 42.7 Å². The minimum absolute atomic E-state index is 0.00925. The average Bonchev–Trinajstić information content (AvgIpc) is 3.25. The minimum Gasteiger partial charge on any atom is -0.508 e. The summed E-state index contributed by atoms with van der Waals surface area (Å²) in [4.78, 5) is 11.8. The Labute approximate surface area is 219 Å². The third-order valence-corrected chi connectivity index (χ3v) is 8.21. The third kappa shape index (κ3) is 3.93. The van der Waals surface area contributed by atoms with Crippen molar-refractivity contribution in [1.29, 1.82) is 0 Å². The smallest absolute Gasteiger partial charge is 0.225 e. The number of anilines is 2. The zero-order chi connectivity index (χ0) is 25.9. The van der Waals surface area contributed by atoms with Gasteiger partial charge in [0.15, 0.2) is 5.82 Å². The summed E-state index contributed by atoms with van der Waals surface area (Å²) in [6.45, 7) is 2.95. The van der Waals surface area contributed by atoms with Crippen molar-refractivity contribution < 1.29 is 19.3 Å². The number of rotatable bonds is 6. The normalized spacial score (nSPS) is 22.1. The summed E-state index contributed by atoms with van der Waals surface area (Å²) >= 11 is 0. The van der Waals surface area contributed by atoms with Gasteiger partial charge in [0.25, 0.3) is 0 Å². The number of aromatic hydroxyl groups is 1. The molecule has 196 valence electrons. The lowest BCUT2D eigenvalue weighted by molar-refractivity contribution is -0.128. The third-order valence-electron chi connectivity index (χ3n) is 8.21. The van der Waals surface area contributed by atoms with Crippen molar-refractivity contribution >= 4 is 33.4 Å². The van der Waals surface area contributed by atoms with Crippen molar-refractivity contribution in [2.45, 2.75) is 24.9 Å². The number of fused-ring (bicyclic) bond motifs is 4. The van der Waals surface area contributed by atoms with Crippen molar-refractivity contribution in [3.8, 4) is 16.9 Å². The van der Waals surface area contributed by atoms with Crippen LogP contribution < -0.4 is 15.5 Å². The van der Waals surface area contributed by atoms with Gasteiger partial charge in [-0.25, -0.2) is 9.37 Å². The molecular formula is C29H30FN5O3. The quantitative estimate of drug-likeness (QED) is 0.309. The van der Waals surface area contributed by atoms with Crippen LogP contribution in [0.5, 0.6) is 5.75 Å². The molecule has 0 amide bonds. The molecular weight excluding hydrogens is 485 g/mol. The van der Waals surface area contributed by atoms with Gasteiger partial charge in [-0.2, -0.15) is 4.98 Å². The second-order valence-corrected chi connectivity index (χ2v) is 11.0. The molecule has 9 heteroatoms. The van der Waals surface area contributed by atoms with Crippen LogP contribution in [0, 0.1) is 11.2 Å². The van der Waals surface area contributed by atoms with E-state index in [4.69, 9.17) is 9.72 Å². The average molecular weight is 516 g/mol. The number of ether oxygens (including phenoxy) is 1. The van der Waals surface area contributed by atoms with Crippen LogP contribution in [0.3, 0.4) is 0 Å². The number of nitrogens with zero attached hydrogens (tertiary/aromatic N) is 3. The molecule has 0 saturated carbocycles. The summed E-state index contributed by atoms with van der Waals surface area (Å²) in [5.41, 5.74) is 0.838. The summed E-state index contributed by atoms with van der Waals surface area (Å²) in [7, 11) is 0. The molecule has 7 rings (SSSR count). The minimum atomic E-state index is -0.452. The molecule has 38 heavy (non-hydrogen) atoms. The molecule has 2 bridgehead atoms. The largest absolute Gasteiger partial charge is 0.508 e. The van der Waals surface area contributed by atoms with Crippen LogP contribution in [0.1, 0.15) is 12.8 Å². The summed E-state index contributed by atoms with van der Waals surface area (Å²) in [6.07, 6.45) is 2.24. The summed E-state index contributed by atoms with van der Waals surface area (Å²) in [5, 5.41) is 29.5. The number of phenols is 1. The number of nitrogens with one attached hydrogen (secondary N) is 2. The fourth-order valence-electron chi connectivity index (χ4n) is 6.07. The molecule has 3 aromatic carbocycles. The Hall–Kier alpha value is -3.53. The van der Waals surface area contributed by atoms with Crippen LogP contribution >= 0.6 is 0 Å². The molecule has 1 aromatic heterocycles. The highest BCUT2D eigenvalue weighted by atomic mass is 19.1. The first-order chi connectivity index (χ1) is 18.5.